The molecule has 2 N–H and O–H groups in total. The molecule has 1 unspecified atom stereocenters. The number of phenols is 2. The zero-order chi connectivity index (χ0) is 33.2. The van der Waals surface area contributed by atoms with Gasteiger partial charge in [0, 0.05) is 6.42 Å². The lowest BCUT2D eigenvalue weighted by Gasteiger charge is -2.20. The number of allylic oxidation sites excluding steroid dienone is 2. The lowest BCUT2D eigenvalue weighted by Crippen LogP contribution is -2.36. The van der Waals surface area contributed by atoms with Gasteiger partial charge in [0.15, 0.2) is 23.1 Å². The van der Waals surface area contributed by atoms with Crippen molar-refractivity contribution in [1.82, 2.24) is 4.90 Å². The van der Waals surface area contributed by atoms with E-state index in [0.29, 0.717) is 31.2 Å². The van der Waals surface area contributed by atoms with Gasteiger partial charge in [-0.1, -0.05) is 30.1 Å². The maximum Gasteiger partial charge on any atom is 0.453 e. The minimum Gasteiger partial charge on any atom is -0.616 e. The molecule has 4 nitrogen and oxygen atoms in total. The number of nitrogens with zero attached hydrogens (tertiary/aromatic N) is 1. The van der Waals surface area contributed by atoms with Crippen molar-refractivity contribution in [3.05, 3.63) is 58.7 Å². The van der Waals surface area contributed by atoms with E-state index in [2.05, 4.69) is 4.90 Å². The van der Waals surface area contributed by atoms with Crippen LogP contribution in [0.25, 0.3) is 11.1 Å². The van der Waals surface area contributed by atoms with Gasteiger partial charge in [-0.05, 0) is 130 Å². The summed E-state index contributed by atoms with van der Waals surface area (Å²) in [6.45, 7) is 1.59. The fraction of sp³-hybridized carbons (Fsp3) is 0.576. The molecule has 1 aliphatic carbocycles. The zero-order valence-electron chi connectivity index (χ0n) is 25.5. The average Bonchev–Trinajstić information content (AvgIpc) is 3.13. The first-order valence-electron chi connectivity index (χ1n) is 15.4. The molecule has 0 saturated carbocycles. The Labute approximate surface area is 263 Å². The molecule has 0 aromatic heterocycles. The molecule has 45 heavy (non-hydrogen) atoms. The van der Waals surface area contributed by atoms with Gasteiger partial charge < -0.3 is 19.7 Å². The molecular weight excluding hydrogens is 623 g/mol. The molecule has 0 saturated heterocycles. The molecule has 252 valence electrons. The van der Waals surface area contributed by atoms with Crippen LogP contribution in [-0.4, -0.2) is 63.4 Å². The molecule has 0 radical (unpaired) electrons. The number of aromatic hydroxyl groups is 2. The number of phenolic OH excluding ortho intramolecular Hbond substituents is 2. The van der Waals surface area contributed by atoms with E-state index in [0.717, 1.165) is 73.9 Å². The third-order valence-corrected chi connectivity index (χ3v) is 9.67. The number of benzene rings is 2. The summed E-state index contributed by atoms with van der Waals surface area (Å²) in [6.07, 6.45) is 0.349. The fourth-order valence-electron chi connectivity index (χ4n) is 5.66. The van der Waals surface area contributed by atoms with E-state index in [4.69, 9.17) is 0 Å². The molecule has 0 aliphatic heterocycles. The summed E-state index contributed by atoms with van der Waals surface area (Å²) in [7, 11) is 1.97. The number of alkyl halides is 5. The van der Waals surface area contributed by atoms with Crippen molar-refractivity contribution in [2.24, 2.45) is 0 Å². The highest BCUT2D eigenvalue weighted by atomic mass is 32.2. The predicted molar refractivity (Wildman–Crippen MR) is 164 cm³/mol. The van der Waals surface area contributed by atoms with Gasteiger partial charge in [-0.15, -0.1) is 0 Å². The van der Waals surface area contributed by atoms with Gasteiger partial charge in [-0.3, -0.25) is 0 Å². The highest BCUT2D eigenvalue weighted by molar-refractivity contribution is 7.91. The summed E-state index contributed by atoms with van der Waals surface area (Å²) in [5.41, 5.74) is 4.17. The van der Waals surface area contributed by atoms with Gasteiger partial charge >= 0.3 is 12.1 Å². The van der Waals surface area contributed by atoms with Crippen LogP contribution in [0.3, 0.4) is 0 Å². The van der Waals surface area contributed by atoms with Crippen LogP contribution >= 0.6 is 0 Å². The molecule has 3 rings (SSSR count). The first kappa shape index (κ1) is 37.0. The predicted octanol–water partition coefficient (Wildman–Crippen LogP) is 9.01. The quantitative estimate of drug-likeness (QED) is 0.101. The number of unbranched alkanes of at least 4 members (excludes halogenated alkanes) is 4. The normalized spacial score (nSPS) is 15.0. The van der Waals surface area contributed by atoms with Crippen LogP contribution in [0.2, 0.25) is 0 Å². The number of fused-ring (bicyclic) bond motifs is 1. The molecule has 0 spiro atoms. The highest BCUT2D eigenvalue weighted by Crippen LogP contribution is 2.41. The van der Waals surface area contributed by atoms with Crippen LogP contribution in [0.5, 0.6) is 11.5 Å². The van der Waals surface area contributed by atoms with E-state index in [1.165, 1.54) is 24.3 Å². The number of aryl methyl sites for hydroxylation is 1. The molecule has 1 atom stereocenters. The molecular formula is C33H42F7NO3S. The summed E-state index contributed by atoms with van der Waals surface area (Å²) in [6, 6.07) is 7.09. The van der Waals surface area contributed by atoms with Crippen molar-refractivity contribution in [1.29, 1.82) is 0 Å². The second kappa shape index (κ2) is 16.9. The number of hydrogen-bond donors (Lipinski definition) is 2. The summed E-state index contributed by atoms with van der Waals surface area (Å²) >= 11 is -1.43. The SMILES string of the molecule is CN(CCCCCCC1=C(c2ccc(F)c(O)c2)CCCc2cc(O)c(F)cc21)CCCC[S+]([O-])CCCC(F)(F)C(F)(F)F. The van der Waals surface area contributed by atoms with Crippen LogP contribution < -0.4 is 0 Å². The third kappa shape index (κ3) is 11.1. The summed E-state index contributed by atoms with van der Waals surface area (Å²) < 4.78 is 103. The highest BCUT2D eigenvalue weighted by Gasteiger charge is 2.56. The molecule has 0 amide bonds. The molecule has 2 aromatic carbocycles. The van der Waals surface area contributed by atoms with Crippen molar-refractivity contribution < 1.29 is 45.5 Å². The lowest BCUT2D eigenvalue weighted by molar-refractivity contribution is -0.284. The maximum absolute atomic E-state index is 14.5. The largest absolute Gasteiger partial charge is 0.616 e. The second-order valence-corrected chi connectivity index (χ2v) is 13.5. The minimum absolute atomic E-state index is 0.171. The van der Waals surface area contributed by atoms with E-state index in [9.17, 15) is 45.5 Å². The molecule has 0 bridgehead atoms. The molecule has 0 fully saturated rings. The molecule has 1 aliphatic rings. The summed E-state index contributed by atoms with van der Waals surface area (Å²) in [5, 5.41) is 19.9. The van der Waals surface area contributed by atoms with Crippen LogP contribution in [0.1, 0.15) is 87.3 Å². The Morgan fingerprint density at radius 2 is 1.44 bits per heavy atom. The monoisotopic (exact) mass is 665 g/mol. The van der Waals surface area contributed by atoms with E-state index in [-0.39, 0.29) is 17.3 Å². The van der Waals surface area contributed by atoms with E-state index in [1.807, 2.05) is 7.05 Å². The Hall–Kier alpha value is -2.44. The molecule has 12 heteroatoms. The van der Waals surface area contributed by atoms with Crippen molar-refractivity contribution in [2.45, 2.75) is 89.1 Å². The van der Waals surface area contributed by atoms with Gasteiger partial charge in [-0.2, -0.15) is 22.0 Å². The Bertz CT molecular complexity index is 1290. The third-order valence-electron chi connectivity index (χ3n) is 8.19. The first-order valence-corrected chi connectivity index (χ1v) is 16.9. The lowest BCUT2D eigenvalue weighted by atomic mass is 9.88. The Kier molecular flexibility index (Phi) is 13.9. The Morgan fingerprint density at radius 1 is 0.800 bits per heavy atom. The van der Waals surface area contributed by atoms with Crippen LogP contribution in [0.15, 0.2) is 30.3 Å². The van der Waals surface area contributed by atoms with Crippen molar-refractivity contribution in [2.75, 3.05) is 31.6 Å². The van der Waals surface area contributed by atoms with E-state index >= 15 is 0 Å². The Balaban J connectivity index is 1.42. The summed E-state index contributed by atoms with van der Waals surface area (Å²) in [5.74, 6) is -6.89. The molecule has 2 aromatic rings. The van der Waals surface area contributed by atoms with E-state index in [1.54, 1.807) is 6.07 Å². The van der Waals surface area contributed by atoms with Gasteiger partial charge in [0.1, 0.15) is 11.5 Å². The fourth-order valence-corrected chi connectivity index (χ4v) is 6.86. The van der Waals surface area contributed by atoms with Crippen molar-refractivity contribution in [3.8, 4) is 11.5 Å². The smallest absolute Gasteiger partial charge is 0.453 e. The number of halogens is 7. The van der Waals surface area contributed by atoms with Crippen LogP contribution in [0, 0.1) is 11.6 Å². The number of hydrogen-bond acceptors (Lipinski definition) is 4. The number of rotatable bonds is 17. The van der Waals surface area contributed by atoms with Crippen LogP contribution in [0.4, 0.5) is 30.7 Å². The first-order chi connectivity index (χ1) is 21.2. The van der Waals surface area contributed by atoms with Gasteiger partial charge in [0.2, 0.25) is 0 Å². The van der Waals surface area contributed by atoms with Crippen molar-refractivity contribution in [3.63, 3.8) is 0 Å². The maximum atomic E-state index is 14.5. The van der Waals surface area contributed by atoms with Crippen LogP contribution in [-0.2, 0) is 17.6 Å². The van der Waals surface area contributed by atoms with Crippen molar-refractivity contribution >= 4 is 22.3 Å². The Morgan fingerprint density at radius 3 is 2.13 bits per heavy atom. The van der Waals surface area contributed by atoms with E-state index < -0.39 is 53.5 Å². The van der Waals surface area contributed by atoms with Gasteiger partial charge in [-0.25, -0.2) is 8.78 Å². The minimum atomic E-state index is -5.58. The standard InChI is InChI=1S/C33H42F7NO3S/c1-41(17-6-7-18-45(44)19-9-15-32(36,37)33(38,39)40)16-5-3-2-4-11-26-25(24-13-14-28(34)30(42)21-24)12-8-10-23-20-31(43)29(35)22-27(23)26/h13-14,20-22,42-43H,2-12,15-19H2,1H3. The average molecular weight is 666 g/mol. The summed E-state index contributed by atoms with van der Waals surface area (Å²) in [4.78, 5) is 2.14. The second-order valence-electron chi connectivity index (χ2n) is 11.8. The zero-order valence-corrected chi connectivity index (χ0v) is 26.3. The molecule has 0 heterocycles. The topological polar surface area (TPSA) is 66.8 Å². The van der Waals surface area contributed by atoms with Gasteiger partial charge in [0.05, 0.1) is 0 Å². The van der Waals surface area contributed by atoms with Gasteiger partial charge in [0.25, 0.3) is 0 Å².